The van der Waals surface area contributed by atoms with Crippen molar-refractivity contribution in [2.75, 3.05) is 14.2 Å². The van der Waals surface area contributed by atoms with Gasteiger partial charge in [0.25, 0.3) is 0 Å². The van der Waals surface area contributed by atoms with Crippen molar-refractivity contribution < 1.29 is 14.6 Å². The number of ether oxygens (including phenoxy) is 2. The molecule has 3 unspecified atom stereocenters. The van der Waals surface area contributed by atoms with E-state index in [2.05, 4.69) is 15.9 Å². The van der Waals surface area contributed by atoms with Crippen LogP contribution < -0.4 is 9.47 Å². The Bertz CT molecular complexity index is 502. The Morgan fingerprint density at radius 3 is 2.58 bits per heavy atom. The first-order valence-electron chi connectivity index (χ1n) is 6.73. The molecule has 3 nitrogen and oxygen atoms in total. The van der Waals surface area contributed by atoms with Crippen molar-refractivity contribution >= 4 is 15.9 Å². The number of aliphatic hydroxyl groups is 1. The summed E-state index contributed by atoms with van der Waals surface area (Å²) in [6.07, 6.45) is 4.37. The van der Waals surface area contributed by atoms with E-state index in [1.807, 2.05) is 12.1 Å². The molecule has 2 fully saturated rings. The zero-order valence-electron chi connectivity index (χ0n) is 11.3. The van der Waals surface area contributed by atoms with Crippen LogP contribution in [0.25, 0.3) is 0 Å². The number of fused-ring (bicyclic) bond motifs is 2. The predicted octanol–water partition coefficient (Wildman–Crippen LogP) is 3.47. The van der Waals surface area contributed by atoms with E-state index in [0.717, 1.165) is 35.0 Å². The topological polar surface area (TPSA) is 38.7 Å². The first-order valence-corrected chi connectivity index (χ1v) is 7.52. The van der Waals surface area contributed by atoms with Gasteiger partial charge < -0.3 is 14.6 Å². The summed E-state index contributed by atoms with van der Waals surface area (Å²) in [5, 5.41) is 11.1. The molecule has 0 radical (unpaired) electrons. The molecule has 3 rings (SSSR count). The average Bonchev–Trinajstić information content (AvgIpc) is 2.98. The van der Waals surface area contributed by atoms with Gasteiger partial charge >= 0.3 is 0 Å². The fourth-order valence-corrected chi connectivity index (χ4v) is 4.54. The molecule has 1 aromatic rings. The highest BCUT2D eigenvalue weighted by Gasteiger charge is 2.52. The van der Waals surface area contributed by atoms with Crippen LogP contribution >= 0.6 is 15.9 Å². The molecule has 0 saturated heterocycles. The van der Waals surface area contributed by atoms with Gasteiger partial charge in [-0.1, -0.05) is 0 Å². The van der Waals surface area contributed by atoms with Gasteiger partial charge in [-0.15, -0.1) is 0 Å². The van der Waals surface area contributed by atoms with Crippen LogP contribution in [0.15, 0.2) is 16.6 Å². The zero-order valence-corrected chi connectivity index (χ0v) is 12.9. The molecule has 104 valence electrons. The third-order valence-electron chi connectivity index (χ3n) is 4.77. The first kappa shape index (κ1) is 13.3. The lowest BCUT2D eigenvalue weighted by atomic mass is 9.78. The summed E-state index contributed by atoms with van der Waals surface area (Å²) < 4.78 is 11.6. The Labute approximate surface area is 122 Å². The second-order valence-electron chi connectivity index (χ2n) is 5.67. The molecular formula is C15H19BrO3. The number of benzene rings is 1. The highest BCUT2D eigenvalue weighted by molar-refractivity contribution is 9.10. The van der Waals surface area contributed by atoms with E-state index in [4.69, 9.17) is 9.47 Å². The first-order chi connectivity index (χ1) is 9.10. The minimum absolute atomic E-state index is 0.367. The Morgan fingerprint density at radius 2 is 2.05 bits per heavy atom. The maximum Gasteiger partial charge on any atom is 0.142 e. The molecule has 0 amide bonds. The normalized spacial score (nSPS) is 32.6. The van der Waals surface area contributed by atoms with Gasteiger partial charge in [-0.3, -0.25) is 0 Å². The van der Waals surface area contributed by atoms with E-state index in [1.54, 1.807) is 14.2 Å². The van der Waals surface area contributed by atoms with Gasteiger partial charge in [0.1, 0.15) is 16.0 Å². The van der Waals surface area contributed by atoms with Gasteiger partial charge in [-0.05, 0) is 65.6 Å². The van der Waals surface area contributed by atoms with E-state index in [1.165, 1.54) is 6.42 Å². The molecule has 0 heterocycles. The fourth-order valence-electron chi connectivity index (χ4n) is 3.87. The van der Waals surface area contributed by atoms with Crippen molar-refractivity contribution in [1.29, 1.82) is 0 Å². The van der Waals surface area contributed by atoms with Crippen LogP contribution in [0.1, 0.15) is 31.2 Å². The molecule has 1 N–H and O–H groups in total. The van der Waals surface area contributed by atoms with Crippen LogP contribution in [-0.2, 0) is 5.60 Å². The number of methoxy groups -OCH3 is 2. The van der Waals surface area contributed by atoms with E-state index in [0.29, 0.717) is 17.6 Å². The molecule has 2 aliphatic rings. The molecule has 0 aromatic heterocycles. The van der Waals surface area contributed by atoms with Crippen molar-refractivity contribution in [2.24, 2.45) is 11.8 Å². The lowest BCUT2D eigenvalue weighted by Gasteiger charge is -2.34. The summed E-state index contributed by atoms with van der Waals surface area (Å²) in [6.45, 7) is 0. The largest absolute Gasteiger partial charge is 0.495 e. The lowest BCUT2D eigenvalue weighted by Crippen LogP contribution is -2.32. The second kappa shape index (κ2) is 4.67. The van der Waals surface area contributed by atoms with Gasteiger partial charge in [0, 0.05) is 5.56 Å². The molecule has 4 heteroatoms. The molecule has 2 aliphatic carbocycles. The number of halogens is 1. The van der Waals surface area contributed by atoms with Crippen LogP contribution in [0.2, 0.25) is 0 Å². The van der Waals surface area contributed by atoms with Crippen LogP contribution in [0.5, 0.6) is 11.5 Å². The van der Waals surface area contributed by atoms with Crippen molar-refractivity contribution in [3.05, 3.63) is 22.2 Å². The molecule has 0 aliphatic heterocycles. The quantitative estimate of drug-likeness (QED) is 0.924. The number of hydrogen-bond acceptors (Lipinski definition) is 3. The molecule has 1 aromatic carbocycles. The summed E-state index contributed by atoms with van der Waals surface area (Å²) >= 11 is 3.52. The van der Waals surface area contributed by atoms with E-state index >= 15 is 0 Å². The van der Waals surface area contributed by atoms with E-state index < -0.39 is 5.60 Å². The Kier molecular flexibility index (Phi) is 3.26. The molecule has 3 atom stereocenters. The van der Waals surface area contributed by atoms with Crippen molar-refractivity contribution in [2.45, 2.75) is 31.3 Å². The molecule has 0 spiro atoms. The summed E-state index contributed by atoms with van der Waals surface area (Å²) in [7, 11) is 3.27. The molecular weight excluding hydrogens is 308 g/mol. The maximum absolute atomic E-state index is 11.1. The Balaban J connectivity index is 2.08. The van der Waals surface area contributed by atoms with Crippen molar-refractivity contribution in [3.8, 4) is 11.5 Å². The lowest BCUT2D eigenvalue weighted by molar-refractivity contribution is -0.0201. The predicted molar refractivity (Wildman–Crippen MR) is 76.6 cm³/mol. The maximum atomic E-state index is 11.1. The standard InChI is InChI=1S/C15H19BrO3/c1-18-12-6-5-11(14(19-2)13(12)16)15(17)8-9-3-4-10(15)7-9/h5-6,9-10,17H,3-4,7-8H2,1-2H3. The van der Waals surface area contributed by atoms with Gasteiger partial charge in [-0.25, -0.2) is 0 Å². The zero-order chi connectivity index (χ0) is 13.6. The van der Waals surface area contributed by atoms with Gasteiger partial charge in [0.05, 0.1) is 19.8 Å². The minimum Gasteiger partial charge on any atom is -0.495 e. The van der Waals surface area contributed by atoms with Crippen molar-refractivity contribution in [3.63, 3.8) is 0 Å². The smallest absolute Gasteiger partial charge is 0.142 e. The van der Waals surface area contributed by atoms with Crippen LogP contribution in [0.4, 0.5) is 0 Å². The average molecular weight is 327 g/mol. The third kappa shape index (κ3) is 1.88. The number of rotatable bonds is 3. The third-order valence-corrected chi connectivity index (χ3v) is 5.52. The SMILES string of the molecule is COc1ccc(C2(O)CC3CCC2C3)c(OC)c1Br. The monoisotopic (exact) mass is 326 g/mol. The van der Waals surface area contributed by atoms with E-state index in [-0.39, 0.29) is 0 Å². The summed E-state index contributed by atoms with van der Waals surface area (Å²) in [5.74, 6) is 2.47. The fraction of sp³-hybridized carbons (Fsp3) is 0.600. The molecule has 2 saturated carbocycles. The summed E-state index contributed by atoms with van der Waals surface area (Å²) in [4.78, 5) is 0. The van der Waals surface area contributed by atoms with Crippen LogP contribution in [0.3, 0.4) is 0 Å². The second-order valence-corrected chi connectivity index (χ2v) is 6.46. The summed E-state index contributed by atoms with van der Waals surface area (Å²) in [6, 6.07) is 3.84. The van der Waals surface area contributed by atoms with Crippen LogP contribution in [0, 0.1) is 11.8 Å². The van der Waals surface area contributed by atoms with Gasteiger partial charge in [0.15, 0.2) is 0 Å². The Morgan fingerprint density at radius 1 is 1.26 bits per heavy atom. The van der Waals surface area contributed by atoms with E-state index in [9.17, 15) is 5.11 Å². The molecule has 19 heavy (non-hydrogen) atoms. The summed E-state index contributed by atoms with van der Waals surface area (Å²) in [5.41, 5.74) is 0.165. The van der Waals surface area contributed by atoms with Crippen molar-refractivity contribution in [1.82, 2.24) is 0 Å². The van der Waals surface area contributed by atoms with Gasteiger partial charge in [-0.2, -0.15) is 0 Å². The number of hydrogen-bond donors (Lipinski definition) is 1. The highest BCUT2D eigenvalue weighted by atomic mass is 79.9. The Hall–Kier alpha value is -0.740. The van der Waals surface area contributed by atoms with Gasteiger partial charge in [0.2, 0.25) is 0 Å². The van der Waals surface area contributed by atoms with Crippen LogP contribution in [-0.4, -0.2) is 19.3 Å². The minimum atomic E-state index is -0.733. The molecule has 2 bridgehead atoms. The highest BCUT2D eigenvalue weighted by Crippen LogP contribution is 2.58.